The molecule has 0 bridgehead atoms. The number of ether oxygens (including phenoxy) is 6. The van der Waals surface area contributed by atoms with E-state index in [1.807, 2.05) is 78.6 Å². The lowest BCUT2D eigenvalue weighted by molar-refractivity contribution is -0.138. The molecular formula is C69H84N4O17S5. The number of para-hydroxylation sites is 2. The first-order chi connectivity index (χ1) is 45.5. The van der Waals surface area contributed by atoms with Crippen LogP contribution in [-0.2, 0) is 91.9 Å². The number of amides is 4. The first kappa shape index (κ1) is 71.6. The summed E-state index contributed by atoms with van der Waals surface area (Å²) in [6.45, 7) is 8.90. The molecule has 5 aromatic carbocycles. The van der Waals surface area contributed by atoms with E-state index in [-0.39, 0.29) is 93.0 Å². The van der Waals surface area contributed by atoms with Crippen molar-refractivity contribution in [1.82, 2.24) is 4.90 Å². The maximum atomic E-state index is 14.7. The van der Waals surface area contributed by atoms with Crippen LogP contribution in [0.1, 0.15) is 106 Å². The van der Waals surface area contributed by atoms with Crippen LogP contribution in [0.2, 0.25) is 0 Å². The molecule has 4 amide bonds. The molecule has 0 saturated carbocycles. The Hall–Kier alpha value is -6.20. The van der Waals surface area contributed by atoms with E-state index in [0.717, 1.165) is 64.0 Å². The Balaban J connectivity index is 0.921. The number of hydrogen-bond acceptors (Lipinski definition) is 20. The van der Waals surface area contributed by atoms with Gasteiger partial charge in [-0.1, -0.05) is 58.0 Å². The average Bonchev–Trinajstić information content (AvgIpc) is 1.61. The topological polar surface area (TPSA) is 251 Å². The van der Waals surface area contributed by atoms with Gasteiger partial charge in [0, 0.05) is 96.3 Å². The van der Waals surface area contributed by atoms with Crippen LogP contribution in [-0.4, -0.2) is 175 Å². The van der Waals surface area contributed by atoms with Gasteiger partial charge < -0.3 is 43.1 Å². The largest absolute Gasteiger partial charge is 0.493 e. The predicted molar refractivity (Wildman–Crippen MR) is 370 cm³/mol. The van der Waals surface area contributed by atoms with Crippen LogP contribution < -0.4 is 28.9 Å². The maximum absolute atomic E-state index is 14.7. The highest BCUT2D eigenvalue weighted by molar-refractivity contribution is 8.77. The number of aryl methyl sites for hydroxylation is 2. The molecule has 0 aromatic heterocycles. The fourth-order valence-electron chi connectivity index (χ4n) is 13.4. The van der Waals surface area contributed by atoms with Gasteiger partial charge in [0.2, 0.25) is 11.8 Å². The molecule has 1 saturated heterocycles. The summed E-state index contributed by atoms with van der Waals surface area (Å²) >= 11 is 1.29. The molecule has 5 atom stereocenters. The van der Waals surface area contributed by atoms with Crippen LogP contribution in [0.5, 0.6) is 17.2 Å². The standard InChI is InChI=1S/C69H84N4O17S5/c1-44-29-54-47(18-19-52-34-48-13-8-10-15-56(48)72(52)66(54)76)36-60(44)89-40-45-30-46(41-90-62-37-50-33-51(42-94(79,80)81)58-35-49-14-9-11-16-57(49)73(58)67(77)55(50)38-61(62)85-5)32-53(31-45)70(22-23-87-26-27-88-25-24-84-4)43-69(2,3)93-92-28-20-64(95(82,83)86-6)59(74)17-12-21-71-65(75)39-63(91-7)68(71)78/h8-11,13-16,29-32,36-38,51-52,58,63-64H,12,17-28,33-35,39-43H2,1-7H3,(H,79,80,81)/t51?,52-,58+,63?,64?/m1/s1. The molecule has 0 aliphatic carbocycles. The molecular weight excluding hydrogens is 1320 g/mol. The molecule has 3 unspecified atom stereocenters. The molecule has 95 heavy (non-hydrogen) atoms. The molecule has 512 valence electrons. The zero-order valence-corrected chi connectivity index (χ0v) is 58.8. The van der Waals surface area contributed by atoms with Gasteiger partial charge in [-0.25, -0.2) is 0 Å². The van der Waals surface area contributed by atoms with Crippen molar-refractivity contribution in [3.05, 3.63) is 141 Å². The van der Waals surface area contributed by atoms with Gasteiger partial charge >= 0.3 is 0 Å². The maximum Gasteiger partial charge on any atom is 0.277 e. The van der Waals surface area contributed by atoms with Crippen molar-refractivity contribution in [3.8, 4) is 17.2 Å². The summed E-state index contributed by atoms with van der Waals surface area (Å²) < 4.78 is 103. The number of imide groups is 1. The third kappa shape index (κ3) is 17.2. The zero-order chi connectivity index (χ0) is 67.8. The van der Waals surface area contributed by atoms with E-state index in [1.165, 1.54) is 46.0 Å². The summed E-state index contributed by atoms with van der Waals surface area (Å²) in [5.41, 5.74) is 9.28. The Morgan fingerprint density at radius 3 is 2.05 bits per heavy atom. The lowest BCUT2D eigenvalue weighted by Crippen LogP contribution is -2.43. The Bertz CT molecular complexity index is 3890. The summed E-state index contributed by atoms with van der Waals surface area (Å²) in [6.07, 6.45) is 4.63. The molecule has 1 fully saturated rings. The van der Waals surface area contributed by atoms with Crippen LogP contribution in [0, 0.1) is 12.8 Å². The molecule has 5 heterocycles. The number of carbonyl (C=O) groups is 5. The van der Waals surface area contributed by atoms with E-state index < -0.39 is 59.0 Å². The summed E-state index contributed by atoms with van der Waals surface area (Å²) in [4.78, 5) is 75.0. The molecule has 10 rings (SSSR count). The van der Waals surface area contributed by atoms with Crippen molar-refractivity contribution in [2.24, 2.45) is 5.92 Å². The van der Waals surface area contributed by atoms with Gasteiger partial charge in [-0.15, -0.1) is 0 Å². The number of anilines is 3. The Morgan fingerprint density at radius 2 is 1.38 bits per heavy atom. The second-order valence-corrected chi connectivity index (χ2v) is 32.7. The first-order valence-corrected chi connectivity index (χ1v) is 38.6. The molecule has 5 aromatic rings. The third-order valence-electron chi connectivity index (χ3n) is 18.0. The number of likely N-dealkylation sites (tertiary alicyclic amines) is 1. The molecule has 0 radical (unpaired) electrons. The zero-order valence-electron chi connectivity index (χ0n) is 54.7. The highest BCUT2D eigenvalue weighted by Crippen LogP contribution is 2.45. The fourth-order valence-corrected chi connectivity index (χ4v) is 18.8. The van der Waals surface area contributed by atoms with Gasteiger partial charge in [-0.3, -0.25) is 37.6 Å². The van der Waals surface area contributed by atoms with Crippen molar-refractivity contribution in [2.75, 3.05) is 106 Å². The number of carbonyl (C=O) groups excluding carboxylic acids is 5. The summed E-state index contributed by atoms with van der Waals surface area (Å²) in [5, 5.41) is -1.92. The second kappa shape index (κ2) is 31.5. The molecule has 0 spiro atoms. The molecule has 21 nitrogen and oxygen atoms in total. The minimum absolute atomic E-state index is 0.00428. The SMILES string of the molecule is COCCOCCOCCN(CC(C)(C)SSCCC(C(=O)CCCN1C(=O)CC(SC)C1=O)S(=O)(=O)OC)c1cc(COc2cc3c(cc2C)C(=O)N2c4ccccc4C[C@H]2CC3)cc(COc2cc3c(cc2OC)C(=O)N2c4ccccc4C[C@H]2C(CS(=O)(=O)O)C3)c1. The minimum Gasteiger partial charge on any atom is -0.493 e. The number of fused-ring (bicyclic) bond motifs is 8. The predicted octanol–water partition coefficient (Wildman–Crippen LogP) is 9.53. The van der Waals surface area contributed by atoms with E-state index in [1.54, 1.807) is 30.4 Å². The number of nitrogens with zero attached hydrogens (tertiary/aromatic N) is 4. The van der Waals surface area contributed by atoms with Gasteiger partial charge in [-0.2, -0.15) is 28.6 Å². The number of rotatable bonds is 34. The Labute approximate surface area is 569 Å². The van der Waals surface area contributed by atoms with Gasteiger partial charge in [0.15, 0.2) is 17.3 Å². The average molecular weight is 1400 g/mol. The number of hydrogen-bond donors (Lipinski definition) is 1. The highest BCUT2D eigenvalue weighted by atomic mass is 33.1. The molecule has 5 aliphatic rings. The van der Waals surface area contributed by atoms with Crippen LogP contribution >= 0.6 is 33.3 Å². The number of thioether (sulfide) groups is 1. The van der Waals surface area contributed by atoms with E-state index in [0.29, 0.717) is 92.8 Å². The lowest BCUT2D eigenvalue weighted by Gasteiger charge is -2.34. The summed E-state index contributed by atoms with van der Waals surface area (Å²) in [6, 6.07) is 28.4. The highest BCUT2D eigenvalue weighted by Gasteiger charge is 2.45. The number of methoxy groups -OCH3 is 2. The first-order valence-electron chi connectivity index (χ1n) is 31.9. The van der Waals surface area contributed by atoms with Crippen molar-refractivity contribution >= 4 is 100 Å². The number of Topliss-reactive ketones (excluding diaryl/α,β-unsaturated/α-hetero) is 1. The van der Waals surface area contributed by atoms with Gasteiger partial charge in [0.05, 0.1) is 58.3 Å². The van der Waals surface area contributed by atoms with E-state index in [4.69, 9.17) is 32.6 Å². The van der Waals surface area contributed by atoms with Crippen molar-refractivity contribution in [2.45, 2.75) is 119 Å². The lowest BCUT2D eigenvalue weighted by atomic mass is 9.91. The molecule has 26 heteroatoms. The summed E-state index contributed by atoms with van der Waals surface area (Å²) in [5.74, 6) is -1.23. The minimum atomic E-state index is -4.46. The smallest absolute Gasteiger partial charge is 0.277 e. The van der Waals surface area contributed by atoms with Crippen LogP contribution in [0.25, 0.3) is 0 Å². The van der Waals surface area contributed by atoms with Gasteiger partial charge in [-0.05, 0) is 166 Å². The fraction of sp³-hybridized carbons (Fsp3) is 0.493. The van der Waals surface area contributed by atoms with E-state index in [9.17, 15) is 45.4 Å². The quantitative estimate of drug-likeness (QED) is 0.0132. The normalized spacial score (nSPS) is 18.8. The summed E-state index contributed by atoms with van der Waals surface area (Å²) in [7, 11) is -1.67. The third-order valence-corrected chi connectivity index (χ3v) is 24.8. The van der Waals surface area contributed by atoms with Gasteiger partial charge in [0.25, 0.3) is 32.1 Å². The van der Waals surface area contributed by atoms with E-state index in [2.05, 4.69) is 30.9 Å². The van der Waals surface area contributed by atoms with Crippen LogP contribution in [0.3, 0.4) is 0 Å². The monoisotopic (exact) mass is 1400 g/mol. The molecule has 1 N–H and O–H groups in total. The second-order valence-electron chi connectivity index (χ2n) is 25.1. The van der Waals surface area contributed by atoms with Crippen molar-refractivity contribution in [3.63, 3.8) is 0 Å². The number of ketones is 1. The molecule has 5 aliphatic heterocycles. The number of benzene rings is 5. The van der Waals surface area contributed by atoms with Crippen molar-refractivity contribution in [1.29, 1.82) is 0 Å². The Morgan fingerprint density at radius 1 is 0.737 bits per heavy atom. The Kier molecular flexibility index (Phi) is 23.8. The van der Waals surface area contributed by atoms with Crippen LogP contribution in [0.4, 0.5) is 17.1 Å². The van der Waals surface area contributed by atoms with Crippen LogP contribution in [0.15, 0.2) is 91.0 Å². The van der Waals surface area contributed by atoms with Crippen molar-refractivity contribution < 1.29 is 78.0 Å². The van der Waals surface area contributed by atoms with Gasteiger partial charge in [0.1, 0.15) is 24.2 Å². The van der Waals surface area contributed by atoms with E-state index >= 15 is 0 Å².